The van der Waals surface area contributed by atoms with Crippen molar-refractivity contribution in [3.05, 3.63) is 18.2 Å². The fraction of sp³-hybridized carbons (Fsp3) is 0.667. The van der Waals surface area contributed by atoms with Gasteiger partial charge in [-0.15, -0.1) is 24.0 Å². The van der Waals surface area contributed by atoms with Crippen molar-refractivity contribution >= 4 is 29.9 Å². The largest absolute Gasteiger partial charge is 0.356 e. The van der Waals surface area contributed by atoms with Gasteiger partial charge in [0, 0.05) is 26.0 Å². The number of hydrogen-bond acceptors (Lipinski definition) is 2. The van der Waals surface area contributed by atoms with Gasteiger partial charge in [-0.05, 0) is 6.42 Å². The standard InChI is InChI=1S/C12H21F2N5.HI/c1-3-4-5-6-17-12(15-2)18-9-10-16-7-8-19(10)11(13)14;/h7-8,11H,3-6,9H2,1-2H3,(H2,15,17,18);1H. The van der Waals surface area contributed by atoms with Crippen LogP contribution in [0, 0.1) is 0 Å². The Morgan fingerprint density at radius 2 is 2.15 bits per heavy atom. The van der Waals surface area contributed by atoms with Crippen molar-refractivity contribution in [1.29, 1.82) is 0 Å². The summed E-state index contributed by atoms with van der Waals surface area (Å²) in [5.74, 6) is 0.881. The minimum absolute atomic E-state index is 0. The molecular weight excluding hydrogens is 379 g/mol. The molecule has 0 amide bonds. The van der Waals surface area contributed by atoms with Crippen LogP contribution in [0.3, 0.4) is 0 Å². The molecule has 1 rings (SSSR count). The number of nitrogens with zero attached hydrogens (tertiary/aromatic N) is 3. The maximum atomic E-state index is 12.6. The van der Waals surface area contributed by atoms with Crippen LogP contribution in [0.25, 0.3) is 0 Å². The second-order valence-electron chi connectivity index (χ2n) is 4.09. The number of aromatic nitrogens is 2. The summed E-state index contributed by atoms with van der Waals surface area (Å²) in [4.78, 5) is 7.92. The second kappa shape index (κ2) is 10.8. The third-order valence-corrected chi connectivity index (χ3v) is 2.67. The van der Waals surface area contributed by atoms with Crippen molar-refractivity contribution in [3.63, 3.8) is 0 Å². The summed E-state index contributed by atoms with van der Waals surface area (Å²) in [5, 5.41) is 6.10. The average molecular weight is 401 g/mol. The van der Waals surface area contributed by atoms with Gasteiger partial charge >= 0.3 is 6.55 Å². The molecule has 0 saturated heterocycles. The van der Waals surface area contributed by atoms with E-state index in [1.807, 2.05) is 0 Å². The van der Waals surface area contributed by atoms with E-state index in [4.69, 9.17) is 0 Å². The lowest BCUT2D eigenvalue weighted by Gasteiger charge is -2.12. The number of hydrogen-bond donors (Lipinski definition) is 2. The summed E-state index contributed by atoms with van der Waals surface area (Å²) >= 11 is 0. The molecule has 20 heavy (non-hydrogen) atoms. The fourth-order valence-electron chi connectivity index (χ4n) is 1.62. The second-order valence-corrected chi connectivity index (χ2v) is 4.09. The summed E-state index contributed by atoms with van der Waals surface area (Å²) in [6, 6.07) is 0. The summed E-state index contributed by atoms with van der Waals surface area (Å²) < 4.78 is 26.0. The van der Waals surface area contributed by atoms with E-state index in [0.29, 0.717) is 5.96 Å². The maximum Gasteiger partial charge on any atom is 0.319 e. The Balaban J connectivity index is 0.00000361. The van der Waals surface area contributed by atoms with E-state index >= 15 is 0 Å². The van der Waals surface area contributed by atoms with Crippen LogP contribution in [-0.4, -0.2) is 29.1 Å². The zero-order valence-electron chi connectivity index (χ0n) is 11.8. The molecule has 0 radical (unpaired) electrons. The number of aliphatic imine (C=N–C) groups is 1. The molecule has 0 aliphatic heterocycles. The lowest BCUT2D eigenvalue weighted by atomic mass is 10.2. The summed E-state index contributed by atoms with van der Waals surface area (Å²) in [6.07, 6.45) is 5.99. The minimum Gasteiger partial charge on any atom is -0.356 e. The highest BCUT2D eigenvalue weighted by atomic mass is 127. The summed E-state index contributed by atoms with van der Waals surface area (Å²) in [5.41, 5.74) is 0. The number of imidazole rings is 1. The molecule has 1 aromatic rings. The van der Waals surface area contributed by atoms with Gasteiger partial charge in [-0.2, -0.15) is 8.78 Å². The van der Waals surface area contributed by atoms with Gasteiger partial charge in [-0.1, -0.05) is 19.8 Å². The predicted octanol–water partition coefficient (Wildman–Crippen LogP) is 2.75. The molecule has 0 spiro atoms. The SMILES string of the molecule is CCCCCNC(=NC)NCc1nccn1C(F)F.I. The highest BCUT2D eigenvalue weighted by Crippen LogP contribution is 2.11. The van der Waals surface area contributed by atoms with Gasteiger partial charge in [0.1, 0.15) is 5.82 Å². The molecule has 0 aliphatic rings. The monoisotopic (exact) mass is 401 g/mol. The van der Waals surface area contributed by atoms with E-state index in [1.54, 1.807) is 7.05 Å². The third kappa shape index (κ3) is 6.49. The first-order chi connectivity index (χ1) is 9.19. The average Bonchev–Trinajstić information content (AvgIpc) is 2.86. The van der Waals surface area contributed by atoms with Crippen molar-refractivity contribution in [2.45, 2.75) is 39.3 Å². The summed E-state index contributed by atoms with van der Waals surface area (Å²) in [7, 11) is 1.65. The smallest absolute Gasteiger partial charge is 0.319 e. The van der Waals surface area contributed by atoms with E-state index in [-0.39, 0.29) is 36.3 Å². The minimum atomic E-state index is -2.57. The van der Waals surface area contributed by atoms with Crippen LogP contribution >= 0.6 is 24.0 Å². The lowest BCUT2D eigenvalue weighted by Crippen LogP contribution is -2.37. The Hall–Kier alpha value is -0.930. The van der Waals surface area contributed by atoms with Gasteiger partial charge in [-0.3, -0.25) is 9.56 Å². The number of halogens is 3. The lowest BCUT2D eigenvalue weighted by molar-refractivity contribution is 0.0668. The first-order valence-electron chi connectivity index (χ1n) is 6.43. The van der Waals surface area contributed by atoms with Gasteiger partial charge in [0.05, 0.1) is 6.54 Å². The molecule has 0 bridgehead atoms. The van der Waals surface area contributed by atoms with Gasteiger partial charge in [0.25, 0.3) is 0 Å². The third-order valence-electron chi connectivity index (χ3n) is 2.67. The van der Waals surface area contributed by atoms with Crippen molar-refractivity contribution in [2.75, 3.05) is 13.6 Å². The molecule has 1 aromatic heterocycles. The van der Waals surface area contributed by atoms with Crippen LogP contribution < -0.4 is 10.6 Å². The van der Waals surface area contributed by atoms with Crippen LogP contribution in [0.5, 0.6) is 0 Å². The Morgan fingerprint density at radius 3 is 2.75 bits per heavy atom. The molecule has 0 fully saturated rings. The summed E-state index contributed by atoms with van der Waals surface area (Å²) in [6.45, 7) is 0.595. The zero-order valence-corrected chi connectivity index (χ0v) is 14.1. The van der Waals surface area contributed by atoms with Gasteiger partial charge in [0.2, 0.25) is 0 Å². The van der Waals surface area contributed by atoms with E-state index in [2.05, 4.69) is 27.5 Å². The Labute approximate surface area is 135 Å². The Morgan fingerprint density at radius 1 is 1.40 bits per heavy atom. The molecule has 8 heteroatoms. The Bertz CT molecular complexity index is 395. The molecule has 0 aromatic carbocycles. The molecule has 0 aliphatic carbocycles. The normalized spacial score (nSPS) is 11.3. The number of nitrogens with one attached hydrogen (secondary N) is 2. The number of alkyl halides is 2. The van der Waals surface area contributed by atoms with Gasteiger partial charge in [-0.25, -0.2) is 4.98 Å². The van der Waals surface area contributed by atoms with Crippen molar-refractivity contribution in [2.24, 2.45) is 4.99 Å². The van der Waals surface area contributed by atoms with Crippen LogP contribution in [-0.2, 0) is 6.54 Å². The fourth-order valence-corrected chi connectivity index (χ4v) is 1.62. The highest BCUT2D eigenvalue weighted by Gasteiger charge is 2.11. The molecule has 5 nitrogen and oxygen atoms in total. The zero-order chi connectivity index (χ0) is 14.1. The van der Waals surface area contributed by atoms with E-state index in [0.717, 1.165) is 30.4 Å². The highest BCUT2D eigenvalue weighted by molar-refractivity contribution is 14.0. The van der Waals surface area contributed by atoms with Crippen molar-refractivity contribution in [3.8, 4) is 0 Å². The van der Waals surface area contributed by atoms with E-state index < -0.39 is 6.55 Å². The van der Waals surface area contributed by atoms with E-state index in [9.17, 15) is 8.78 Å². The molecule has 2 N–H and O–H groups in total. The van der Waals surface area contributed by atoms with Gasteiger partial charge < -0.3 is 10.6 Å². The number of rotatable bonds is 7. The maximum absolute atomic E-state index is 12.6. The predicted molar refractivity (Wildman–Crippen MR) is 86.6 cm³/mol. The van der Waals surface area contributed by atoms with E-state index in [1.165, 1.54) is 12.4 Å². The van der Waals surface area contributed by atoms with Crippen molar-refractivity contribution in [1.82, 2.24) is 20.2 Å². The first kappa shape index (κ1) is 19.1. The van der Waals surface area contributed by atoms with Crippen LogP contribution in [0.15, 0.2) is 17.4 Å². The van der Waals surface area contributed by atoms with Crippen LogP contribution in [0.2, 0.25) is 0 Å². The van der Waals surface area contributed by atoms with Crippen LogP contribution in [0.1, 0.15) is 38.6 Å². The van der Waals surface area contributed by atoms with Gasteiger partial charge in [0.15, 0.2) is 5.96 Å². The van der Waals surface area contributed by atoms with Crippen LogP contribution in [0.4, 0.5) is 8.78 Å². The molecular formula is C12H22F2IN5. The number of unbranched alkanes of at least 4 members (excludes halogenated alkanes) is 2. The molecule has 116 valence electrons. The van der Waals surface area contributed by atoms with Crippen molar-refractivity contribution < 1.29 is 8.78 Å². The molecule has 1 heterocycles. The number of guanidine groups is 1. The quantitative estimate of drug-likeness (QED) is 0.320. The first-order valence-corrected chi connectivity index (χ1v) is 6.43. The molecule has 0 saturated carbocycles. The topological polar surface area (TPSA) is 54.2 Å². The Kier molecular flexibility index (Phi) is 10.3. The molecule has 0 atom stereocenters. The molecule has 0 unspecified atom stereocenters.